The number of hydrogen-bond donors (Lipinski definition) is 0. The molecule has 0 N–H and O–H groups in total. The molecule has 0 aromatic rings. The lowest BCUT2D eigenvalue weighted by atomic mass is 10.1. The highest BCUT2D eigenvalue weighted by molar-refractivity contribution is 5.71. The maximum atomic E-state index is 11.2. The van der Waals surface area contributed by atoms with Crippen molar-refractivity contribution in [3.8, 4) is 0 Å². The molecule has 0 heterocycles. The molecule has 0 fully saturated rings. The Labute approximate surface area is 93.4 Å². The summed E-state index contributed by atoms with van der Waals surface area (Å²) in [5.74, 6) is -0.0385. The molecule has 0 saturated heterocycles. The molecule has 0 rings (SSSR count). The third-order valence-corrected chi connectivity index (χ3v) is 2.02. The van der Waals surface area contributed by atoms with E-state index in [9.17, 15) is 4.79 Å². The number of carbonyl (C=O) groups is 1. The molecule has 0 aliphatic rings. The summed E-state index contributed by atoms with van der Waals surface area (Å²) < 4.78 is 5.94. The molecule has 4 heteroatoms. The molecule has 0 aliphatic carbocycles. The third kappa shape index (κ3) is 8.32. The average molecular weight is 224 g/mol. The smallest absolute Gasteiger partial charge is 0.308 e. The SMILES string of the molecule is CCC(C)C(=O)OCC[N+](C)(C)C.[Cl-]. The Kier molecular flexibility index (Phi) is 8.16. The van der Waals surface area contributed by atoms with Crippen molar-refractivity contribution < 1.29 is 26.4 Å². The number of halogens is 1. The number of hydrogen-bond acceptors (Lipinski definition) is 2. The molecule has 0 bridgehead atoms. The van der Waals surface area contributed by atoms with E-state index in [1.54, 1.807) is 0 Å². The predicted octanol–water partition coefficient (Wildman–Crippen LogP) is -1.71. The number of rotatable bonds is 5. The second-order valence-corrected chi connectivity index (χ2v) is 4.49. The van der Waals surface area contributed by atoms with Gasteiger partial charge in [0, 0.05) is 0 Å². The Bertz CT molecular complexity index is 166. The largest absolute Gasteiger partial charge is 1.00 e. The van der Waals surface area contributed by atoms with E-state index in [0.717, 1.165) is 17.4 Å². The van der Waals surface area contributed by atoms with Crippen LogP contribution in [-0.2, 0) is 9.53 Å². The highest BCUT2D eigenvalue weighted by Gasteiger charge is 2.13. The fraction of sp³-hybridized carbons (Fsp3) is 0.900. The summed E-state index contributed by atoms with van der Waals surface area (Å²) in [6.07, 6.45) is 0.850. The zero-order valence-corrected chi connectivity index (χ0v) is 10.6. The number of carbonyl (C=O) groups excluding carboxylic acids is 1. The van der Waals surface area contributed by atoms with Crippen molar-refractivity contribution in [3.63, 3.8) is 0 Å². The van der Waals surface area contributed by atoms with Gasteiger partial charge in [0.25, 0.3) is 0 Å². The van der Waals surface area contributed by atoms with Crippen molar-refractivity contribution in [2.75, 3.05) is 34.3 Å². The fourth-order valence-electron chi connectivity index (χ4n) is 0.729. The summed E-state index contributed by atoms with van der Waals surface area (Å²) in [5.41, 5.74) is 0. The van der Waals surface area contributed by atoms with Gasteiger partial charge in [-0.1, -0.05) is 13.8 Å². The molecule has 86 valence electrons. The Hall–Kier alpha value is -0.280. The van der Waals surface area contributed by atoms with E-state index >= 15 is 0 Å². The van der Waals surface area contributed by atoms with Crippen LogP contribution in [0.25, 0.3) is 0 Å². The predicted molar refractivity (Wildman–Crippen MR) is 53.3 cm³/mol. The molecule has 0 aliphatic heterocycles. The zero-order chi connectivity index (χ0) is 10.5. The van der Waals surface area contributed by atoms with Gasteiger partial charge in [0.2, 0.25) is 0 Å². The molecular formula is C10H22ClNO2. The summed E-state index contributed by atoms with van der Waals surface area (Å²) in [5, 5.41) is 0. The first-order valence-electron chi connectivity index (χ1n) is 4.84. The van der Waals surface area contributed by atoms with E-state index in [-0.39, 0.29) is 24.3 Å². The van der Waals surface area contributed by atoms with Gasteiger partial charge in [-0.2, -0.15) is 0 Å². The van der Waals surface area contributed by atoms with Crippen LogP contribution in [0.3, 0.4) is 0 Å². The van der Waals surface area contributed by atoms with Gasteiger partial charge in [-0.3, -0.25) is 4.79 Å². The van der Waals surface area contributed by atoms with Gasteiger partial charge in [-0.25, -0.2) is 0 Å². The normalized spacial score (nSPS) is 12.9. The van der Waals surface area contributed by atoms with E-state index in [0.29, 0.717) is 6.61 Å². The van der Waals surface area contributed by atoms with Crippen LogP contribution >= 0.6 is 0 Å². The van der Waals surface area contributed by atoms with Crippen molar-refractivity contribution >= 4 is 5.97 Å². The van der Waals surface area contributed by atoms with Crippen LogP contribution in [0.15, 0.2) is 0 Å². The molecule has 3 nitrogen and oxygen atoms in total. The minimum absolute atomic E-state index is 0. The number of quaternary nitrogens is 1. The van der Waals surface area contributed by atoms with E-state index < -0.39 is 0 Å². The van der Waals surface area contributed by atoms with Gasteiger partial charge in [0.05, 0.1) is 27.1 Å². The molecule has 0 aromatic heterocycles. The standard InChI is InChI=1S/C10H22NO2.ClH/c1-6-9(2)10(12)13-8-7-11(3,4)5;/h9H,6-8H2,1-5H3;1H/q+1;/p-1. The van der Waals surface area contributed by atoms with E-state index in [4.69, 9.17) is 4.74 Å². The van der Waals surface area contributed by atoms with Crippen molar-refractivity contribution in [2.45, 2.75) is 20.3 Å². The van der Waals surface area contributed by atoms with E-state index in [1.165, 1.54) is 0 Å². The number of ether oxygens (including phenoxy) is 1. The van der Waals surface area contributed by atoms with Crippen LogP contribution in [-0.4, -0.2) is 44.7 Å². The Morgan fingerprint density at radius 1 is 1.36 bits per heavy atom. The quantitative estimate of drug-likeness (QED) is 0.410. The summed E-state index contributed by atoms with van der Waals surface area (Å²) in [4.78, 5) is 11.2. The Morgan fingerprint density at radius 3 is 2.21 bits per heavy atom. The van der Waals surface area contributed by atoms with Gasteiger partial charge < -0.3 is 21.6 Å². The van der Waals surface area contributed by atoms with Gasteiger partial charge >= 0.3 is 5.97 Å². The minimum Gasteiger partial charge on any atom is -1.00 e. The lowest BCUT2D eigenvalue weighted by Gasteiger charge is -2.23. The molecule has 1 unspecified atom stereocenters. The van der Waals surface area contributed by atoms with Gasteiger partial charge in [-0.05, 0) is 6.42 Å². The van der Waals surface area contributed by atoms with Crippen LogP contribution in [0, 0.1) is 5.92 Å². The molecule has 0 saturated carbocycles. The number of likely N-dealkylation sites (N-methyl/N-ethyl adjacent to an activating group) is 1. The molecular weight excluding hydrogens is 202 g/mol. The van der Waals surface area contributed by atoms with Crippen molar-refractivity contribution in [1.29, 1.82) is 0 Å². The molecule has 0 spiro atoms. The molecule has 0 amide bonds. The average Bonchev–Trinajstić information content (AvgIpc) is 2.00. The summed E-state index contributed by atoms with van der Waals surface area (Å²) in [7, 11) is 6.24. The van der Waals surface area contributed by atoms with E-state index in [2.05, 4.69) is 21.1 Å². The summed E-state index contributed by atoms with van der Waals surface area (Å²) >= 11 is 0. The second-order valence-electron chi connectivity index (χ2n) is 4.49. The van der Waals surface area contributed by atoms with Crippen molar-refractivity contribution in [1.82, 2.24) is 0 Å². The lowest BCUT2D eigenvalue weighted by Crippen LogP contribution is -3.00. The van der Waals surface area contributed by atoms with Crippen LogP contribution < -0.4 is 12.4 Å². The Morgan fingerprint density at radius 2 is 1.86 bits per heavy atom. The highest BCUT2D eigenvalue weighted by Crippen LogP contribution is 2.03. The van der Waals surface area contributed by atoms with Crippen molar-refractivity contribution in [3.05, 3.63) is 0 Å². The van der Waals surface area contributed by atoms with Gasteiger partial charge in [0.1, 0.15) is 13.2 Å². The van der Waals surface area contributed by atoms with Crippen LogP contribution in [0.4, 0.5) is 0 Å². The zero-order valence-electron chi connectivity index (χ0n) is 9.84. The first-order chi connectivity index (χ1) is 5.87. The van der Waals surface area contributed by atoms with Crippen LogP contribution in [0.1, 0.15) is 20.3 Å². The molecule has 0 aromatic carbocycles. The van der Waals surface area contributed by atoms with Crippen LogP contribution in [0.2, 0.25) is 0 Å². The summed E-state index contributed by atoms with van der Waals surface area (Å²) in [6.45, 7) is 5.27. The van der Waals surface area contributed by atoms with Crippen LogP contribution in [0.5, 0.6) is 0 Å². The second kappa shape index (κ2) is 7.07. The van der Waals surface area contributed by atoms with E-state index in [1.807, 2.05) is 13.8 Å². The third-order valence-electron chi connectivity index (χ3n) is 2.02. The monoisotopic (exact) mass is 223 g/mol. The first-order valence-corrected chi connectivity index (χ1v) is 4.84. The number of nitrogens with zero attached hydrogens (tertiary/aromatic N) is 1. The fourth-order valence-corrected chi connectivity index (χ4v) is 0.729. The topological polar surface area (TPSA) is 26.3 Å². The van der Waals surface area contributed by atoms with Crippen molar-refractivity contribution in [2.24, 2.45) is 5.92 Å². The Balaban J connectivity index is 0. The maximum absolute atomic E-state index is 11.2. The minimum atomic E-state index is -0.0732. The highest BCUT2D eigenvalue weighted by atomic mass is 35.5. The molecule has 1 atom stereocenters. The van der Waals surface area contributed by atoms with Gasteiger partial charge in [-0.15, -0.1) is 0 Å². The number of esters is 1. The maximum Gasteiger partial charge on any atom is 0.308 e. The molecule has 0 radical (unpaired) electrons. The first kappa shape index (κ1) is 16.2. The lowest BCUT2D eigenvalue weighted by molar-refractivity contribution is -0.870. The molecule has 14 heavy (non-hydrogen) atoms. The summed E-state index contributed by atoms with van der Waals surface area (Å²) in [6, 6.07) is 0. The van der Waals surface area contributed by atoms with Gasteiger partial charge in [0.15, 0.2) is 0 Å².